The molecule has 0 amide bonds. The molecule has 1 aromatic carbocycles. The van der Waals surface area contributed by atoms with Crippen LogP contribution in [0.3, 0.4) is 0 Å². The Labute approximate surface area is 118 Å². The lowest BCUT2D eigenvalue weighted by Gasteiger charge is -2.03. The zero-order valence-electron chi connectivity index (χ0n) is 9.54. The quantitative estimate of drug-likeness (QED) is 0.481. The molecular formula is C13H7ClN2O2S. The third-order valence-corrected chi connectivity index (χ3v) is 3.72. The van der Waals surface area contributed by atoms with Crippen molar-refractivity contribution in [1.82, 2.24) is 0 Å². The Kier molecular flexibility index (Phi) is 3.95. The van der Waals surface area contributed by atoms with Crippen molar-refractivity contribution in [1.29, 1.82) is 5.26 Å². The van der Waals surface area contributed by atoms with Crippen LogP contribution in [0.5, 0.6) is 0 Å². The molecule has 0 unspecified atom stereocenters. The van der Waals surface area contributed by atoms with Gasteiger partial charge in [0.2, 0.25) is 0 Å². The molecule has 4 nitrogen and oxygen atoms in total. The van der Waals surface area contributed by atoms with Crippen LogP contribution in [0.1, 0.15) is 10.4 Å². The molecule has 0 bridgehead atoms. The summed E-state index contributed by atoms with van der Waals surface area (Å²) >= 11 is 7.53. The van der Waals surface area contributed by atoms with E-state index >= 15 is 0 Å². The molecule has 1 heterocycles. The minimum absolute atomic E-state index is 0.0947. The molecule has 1 aromatic heterocycles. The van der Waals surface area contributed by atoms with Crippen molar-refractivity contribution in [2.24, 2.45) is 0 Å². The average Bonchev–Trinajstić information content (AvgIpc) is 2.93. The zero-order chi connectivity index (χ0) is 13.8. The fraction of sp³-hybridized carbons (Fsp3) is 0. The van der Waals surface area contributed by atoms with E-state index in [1.54, 1.807) is 24.3 Å². The summed E-state index contributed by atoms with van der Waals surface area (Å²) in [5, 5.41) is 22.1. The maximum absolute atomic E-state index is 11.0. The van der Waals surface area contributed by atoms with E-state index in [1.807, 2.05) is 11.4 Å². The summed E-state index contributed by atoms with van der Waals surface area (Å²) < 4.78 is 0. The lowest BCUT2D eigenvalue weighted by molar-refractivity contribution is -0.385. The summed E-state index contributed by atoms with van der Waals surface area (Å²) in [6, 6.07) is 11.6. The van der Waals surface area contributed by atoms with Crippen LogP contribution in [0.2, 0.25) is 0 Å². The lowest BCUT2D eigenvalue weighted by atomic mass is 10.1. The Morgan fingerprint density at radius 1 is 1.32 bits per heavy atom. The molecule has 0 saturated heterocycles. The van der Waals surface area contributed by atoms with Crippen LogP contribution in [0, 0.1) is 21.4 Å². The Hall–Kier alpha value is -2.16. The lowest BCUT2D eigenvalue weighted by Crippen LogP contribution is -1.93. The minimum atomic E-state index is -0.513. The second-order valence-electron chi connectivity index (χ2n) is 3.55. The van der Waals surface area contributed by atoms with Crippen LogP contribution < -0.4 is 0 Å². The molecular weight excluding hydrogens is 284 g/mol. The number of para-hydroxylation sites is 1. The number of halogens is 1. The number of benzene rings is 1. The fourth-order valence-corrected chi connectivity index (χ4v) is 2.67. The molecule has 0 aliphatic rings. The van der Waals surface area contributed by atoms with Crippen LogP contribution in [0.15, 0.2) is 41.8 Å². The average molecular weight is 291 g/mol. The van der Waals surface area contributed by atoms with Crippen LogP contribution in [-0.4, -0.2) is 4.92 Å². The Morgan fingerprint density at radius 2 is 2.05 bits per heavy atom. The minimum Gasteiger partial charge on any atom is -0.258 e. The number of allylic oxidation sites excluding steroid dienone is 1. The molecule has 0 spiro atoms. The van der Waals surface area contributed by atoms with Crippen LogP contribution in [0.25, 0.3) is 10.6 Å². The summed E-state index contributed by atoms with van der Waals surface area (Å²) in [5.41, 5.74) is 0.377. The van der Waals surface area contributed by atoms with Gasteiger partial charge in [0.05, 0.1) is 21.1 Å². The number of hydrogen-bond acceptors (Lipinski definition) is 4. The largest absolute Gasteiger partial charge is 0.278 e. The molecule has 2 aromatic rings. The highest BCUT2D eigenvalue weighted by Crippen LogP contribution is 2.35. The molecule has 19 heavy (non-hydrogen) atoms. The predicted octanol–water partition coefficient (Wildman–Crippen LogP) is 4.29. The molecule has 2 rings (SSSR count). The van der Waals surface area contributed by atoms with E-state index < -0.39 is 4.92 Å². The second kappa shape index (κ2) is 5.65. The number of nitro groups is 1. The van der Waals surface area contributed by atoms with E-state index in [9.17, 15) is 15.4 Å². The molecule has 0 atom stereocenters. The highest BCUT2D eigenvalue weighted by Gasteiger charge is 2.19. The van der Waals surface area contributed by atoms with Crippen LogP contribution in [0.4, 0.5) is 5.69 Å². The van der Waals surface area contributed by atoms with Crippen molar-refractivity contribution in [3.8, 4) is 6.07 Å². The zero-order valence-corrected chi connectivity index (χ0v) is 11.1. The number of hydrogen-bond donors (Lipinski definition) is 0. The van der Waals surface area contributed by atoms with E-state index in [0.29, 0.717) is 4.88 Å². The van der Waals surface area contributed by atoms with E-state index in [0.717, 1.165) is 0 Å². The monoisotopic (exact) mass is 290 g/mol. The van der Waals surface area contributed by atoms with Gasteiger partial charge in [0.25, 0.3) is 5.69 Å². The number of thiophene rings is 1. The molecule has 0 N–H and O–H groups in total. The van der Waals surface area contributed by atoms with Gasteiger partial charge in [-0.2, -0.15) is 5.26 Å². The SMILES string of the molecule is N#CC(=C(Cl)c1ccccc1[N+](=O)[O-])c1cccs1. The number of rotatable bonds is 3. The van der Waals surface area contributed by atoms with Crippen molar-refractivity contribution in [3.63, 3.8) is 0 Å². The number of nitriles is 1. The van der Waals surface area contributed by atoms with Gasteiger partial charge in [0.1, 0.15) is 6.07 Å². The van der Waals surface area contributed by atoms with Crippen molar-refractivity contribution >= 4 is 39.2 Å². The summed E-state index contributed by atoms with van der Waals surface area (Å²) in [4.78, 5) is 11.1. The molecule has 6 heteroatoms. The third kappa shape index (κ3) is 2.65. The predicted molar refractivity (Wildman–Crippen MR) is 75.7 cm³/mol. The van der Waals surface area contributed by atoms with E-state index in [4.69, 9.17) is 11.6 Å². The van der Waals surface area contributed by atoms with Gasteiger partial charge in [0, 0.05) is 10.9 Å². The van der Waals surface area contributed by atoms with Crippen molar-refractivity contribution in [2.75, 3.05) is 0 Å². The first-order valence-electron chi connectivity index (χ1n) is 5.22. The van der Waals surface area contributed by atoms with Crippen molar-refractivity contribution in [3.05, 3.63) is 62.3 Å². The Morgan fingerprint density at radius 3 is 2.63 bits per heavy atom. The molecule has 0 saturated carbocycles. The summed E-state index contributed by atoms with van der Waals surface area (Å²) in [5.74, 6) is 0. The summed E-state index contributed by atoms with van der Waals surface area (Å²) in [6.07, 6.45) is 0. The summed E-state index contributed by atoms with van der Waals surface area (Å²) in [7, 11) is 0. The normalized spacial score (nSPS) is 11.6. The highest BCUT2D eigenvalue weighted by molar-refractivity contribution is 7.11. The van der Waals surface area contributed by atoms with Crippen LogP contribution >= 0.6 is 22.9 Å². The Bertz CT molecular complexity index is 687. The molecule has 94 valence electrons. The smallest absolute Gasteiger partial charge is 0.258 e. The number of nitro benzene ring substituents is 1. The standard InChI is InChI=1S/C13H7ClN2O2S/c14-13(10(8-15)12-6-3-7-19-12)9-4-1-2-5-11(9)16(17)18/h1-7H. The third-order valence-electron chi connectivity index (χ3n) is 2.44. The highest BCUT2D eigenvalue weighted by atomic mass is 35.5. The van der Waals surface area contributed by atoms with Crippen LogP contribution in [-0.2, 0) is 0 Å². The van der Waals surface area contributed by atoms with Gasteiger partial charge in [-0.15, -0.1) is 11.3 Å². The first-order chi connectivity index (χ1) is 9.15. The summed E-state index contributed by atoms with van der Waals surface area (Å²) in [6.45, 7) is 0. The van der Waals surface area contributed by atoms with E-state index in [1.165, 1.54) is 23.5 Å². The second-order valence-corrected chi connectivity index (χ2v) is 4.88. The first-order valence-corrected chi connectivity index (χ1v) is 6.48. The van der Waals surface area contributed by atoms with Gasteiger partial charge in [-0.1, -0.05) is 29.8 Å². The molecule has 0 fully saturated rings. The molecule has 0 aliphatic carbocycles. The van der Waals surface area contributed by atoms with Gasteiger partial charge in [-0.25, -0.2) is 0 Å². The van der Waals surface area contributed by atoms with Gasteiger partial charge >= 0.3 is 0 Å². The van der Waals surface area contributed by atoms with Gasteiger partial charge in [-0.3, -0.25) is 10.1 Å². The maximum atomic E-state index is 11.0. The maximum Gasteiger partial charge on any atom is 0.278 e. The molecule has 0 aliphatic heterocycles. The number of nitrogens with zero attached hydrogens (tertiary/aromatic N) is 2. The van der Waals surface area contributed by atoms with E-state index in [2.05, 4.69) is 0 Å². The Balaban J connectivity index is 2.64. The topological polar surface area (TPSA) is 66.9 Å². The van der Waals surface area contributed by atoms with Crippen molar-refractivity contribution < 1.29 is 4.92 Å². The van der Waals surface area contributed by atoms with Crippen molar-refractivity contribution in [2.45, 2.75) is 0 Å². The first kappa shape index (κ1) is 13.3. The fourth-order valence-electron chi connectivity index (χ4n) is 1.59. The van der Waals surface area contributed by atoms with E-state index in [-0.39, 0.29) is 21.9 Å². The van der Waals surface area contributed by atoms with Gasteiger partial charge < -0.3 is 0 Å². The van der Waals surface area contributed by atoms with Gasteiger partial charge in [0.15, 0.2) is 0 Å². The van der Waals surface area contributed by atoms with Gasteiger partial charge in [-0.05, 0) is 17.5 Å². The molecule has 0 radical (unpaired) electrons.